The Hall–Kier alpha value is -2.91. The molecule has 0 radical (unpaired) electrons. The second-order valence-electron chi connectivity index (χ2n) is 8.62. The van der Waals surface area contributed by atoms with Crippen LogP contribution in [0.1, 0.15) is 65.2 Å². The zero-order valence-electron chi connectivity index (χ0n) is 18.9. The molecule has 3 N–H and O–H groups in total. The number of imide groups is 1. The van der Waals surface area contributed by atoms with Gasteiger partial charge in [0, 0.05) is 26.1 Å². The number of unbranched alkanes of at least 4 members (excludes halogenated alkanes) is 1. The Kier molecular flexibility index (Phi) is 7.52. The van der Waals surface area contributed by atoms with Gasteiger partial charge in [0.05, 0.1) is 11.8 Å². The summed E-state index contributed by atoms with van der Waals surface area (Å²) in [6.45, 7) is 4.37. The van der Waals surface area contributed by atoms with Gasteiger partial charge in [0.1, 0.15) is 5.82 Å². The molecule has 176 valence electrons. The number of carbonyl (C=O) groups is 3. The van der Waals surface area contributed by atoms with Crippen molar-refractivity contribution in [3.05, 3.63) is 20.8 Å². The monoisotopic (exact) mass is 447 g/mol. The zero-order chi connectivity index (χ0) is 23.4. The fourth-order valence-corrected chi connectivity index (χ4v) is 4.76. The molecule has 3 rings (SSSR count). The van der Waals surface area contributed by atoms with Crippen molar-refractivity contribution >= 4 is 29.2 Å². The molecule has 0 aromatic carbocycles. The predicted molar refractivity (Wildman–Crippen MR) is 120 cm³/mol. The minimum atomic E-state index is -0.721. The Balaban J connectivity index is 1.81. The minimum Gasteiger partial charge on any atom is -0.383 e. The lowest BCUT2D eigenvalue weighted by atomic mass is 9.81. The molecule has 2 atom stereocenters. The molecule has 1 aromatic rings. The Morgan fingerprint density at radius 3 is 2.22 bits per heavy atom. The molecule has 1 saturated heterocycles. The van der Waals surface area contributed by atoms with E-state index in [4.69, 9.17) is 5.73 Å². The van der Waals surface area contributed by atoms with Crippen molar-refractivity contribution in [2.24, 2.45) is 11.8 Å². The van der Waals surface area contributed by atoms with Gasteiger partial charge < -0.3 is 10.6 Å². The number of amides is 3. The van der Waals surface area contributed by atoms with Crippen molar-refractivity contribution in [3.8, 4) is 0 Å². The van der Waals surface area contributed by atoms with Crippen molar-refractivity contribution in [2.75, 3.05) is 23.7 Å². The van der Waals surface area contributed by atoms with Crippen molar-refractivity contribution in [1.29, 1.82) is 0 Å². The van der Waals surface area contributed by atoms with Crippen LogP contribution in [0, 0.1) is 11.8 Å². The van der Waals surface area contributed by atoms with E-state index in [1.807, 2.05) is 13.8 Å². The average molecular weight is 448 g/mol. The number of hydrogen-bond acceptors (Lipinski definition) is 6. The number of anilines is 2. The summed E-state index contributed by atoms with van der Waals surface area (Å²) in [4.78, 5) is 68.0. The first-order chi connectivity index (χ1) is 15.3. The summed E-state index contributed by atoms with van der Waals surface area (Å²) in [7, 11) is 0. The quantitative estimate of drug-likeness (QED) is 0.546. The lowest BCUT2D eigenvalue weighted by molar-refractivity contribution is -0.140. The molecule has 1 aliphatic carbocycles. The highest BCUT2D eigenvalue weighted by Crippen LogP contribution is 2.38. The molecule has 1 aromatic heterocycles. The van der Waals surface area contributed by atoms with Crippen LogP contribution in [0.2, 0.25) is 0 Å². The zero-order valence-corrected chi connectivity index (χ0v) is 18.9. The second-order valence-corrected chi connectivity index (χ2v) is 8.62. The molecule has 3 amide bonds. The van der Waals surface area contributed by atoms with Crippen molar-refractivity contribution in [3.63, 3.8) is 0 Å². The van der Waals surface area contributed by atoms with E-state index in [2.05, 4.69) is 4.98 Å². The number of aromatic nitrogens is 2. The summed E-state index contributed by atoms with van der Waals surface area (Å²) in [5.74, 6) is -1.38. The number of H-pyrrole nitrogens is 1. The number of fused-ring (bicyclic) bond motifs is 1. The molecular formula is C22H33N5O5. The van der Waals surface area contributed by atoms with E-state index >= 15 is 0 Å². The van der Waals surface area contributed by atoms with Gasteiger partial charge in [-0.15, -0.1) is 0 Å². The van der Waals surface area contributed by atoms with Gasteiger partial charge in [-0.3, -0.25) is 33.6 Å². The van der Waals surface area contributed by atoms with Crippen LogP contribution in [0.5, 0.6) is 0 Å². The number of hydrogen-bond donors (Lipinski definition) is 2. The highest BCUT2D eigenvalue weighted by Gasteiger charge is 2.48. The standard InChI is InChI=1S/C22H33N5O5/c1-3-5-12-26-18(23)17(19(29)24-22(26)32)25(11-4-2)16(28)10-13-27-20(30)14-8-6-7-9-15(14)21(27)31/h14-15H,3-13,23H2,1-2H3,(H,24,29,32)/t14-,15+. The molecule has 0 bridgehead atoms. The number of likely N-dealkylation sites (tertiary alicyclic amines) is 1. The van der Waals surface area contributed by atoms with Gasteiger partial charge in [0.15, 0.2) is 5.69 Å². The topological polar surface area (TPSA) is 139 Å². The Morgan fingerprint density at radius 2 is 1.66 bits per heavy atom. The Bertz CT molecular complexity index is 973. The van der Waals surface area contributed by atoms with Gasteiger partial charge in [-0.2, -0.15) is 0 Å². The van der Waals surface area contributed by atoms with Crippen LogP contribution in [0.3, 0.4) is 0 Å². The smallest absolute Gasteiger partial charge is 0.330 e. The van der Waals surface area contributed by atoms with E-state index in [1.54, 1.807) is 0 Å². The molecule has 2 aliphatic rings. The minimum absolute atomic E-state index is 0.0169. The van der Waals surface area contributed by atoms with Gasteiger partial charge in [0.2, 0.25) is 17.7 Å². The van der Waals surface area contributed by atoms with Crippen LogP contribution in [-0.2, 0) is 20.9 Å². The first-order valence-electron chi connectivity index (χ1n) is 11.6. The van der Waals surface area contributed by atoms with Gasteiger partial charge in [-0.25, -0.2) is 4.79 Å². The molecule has 32 heavy (non-hydrogen) atoms. The predicted octanol–water partition coefficient (Wildman–Crippen LogP) is 1.23. The van der Waals surface area contributed by atoms with Gasteiger partial charge in [0.25, 0.3) is 5.56 Å². The maximum absolute atomic E-state index is 13.1. The van der Waals surface area contributed by atoms with Crippen LogP contribution in [0.15, 0.2) is 9.59 Å². The molecular weight excluding hydrogens is 414 g/mol. The molecule has 2 heterocycles. The van der Waals surface area contributed by atoms with Crippen LogP contribution in [0.25, 0.3) is 0 Å². The largest absolute Gasteiger partial charge is 0.383 e. The van der Waals surface area contributed by atoms with Crippen molar-refractivity contribution in [2.45, 2.75) is 71.8 Å². The summed E-state index contributed by atoms with van der Waals surface area (Å²) in [6.07, 6.45) is 5.28. The van der Waals surface area contributed by atoms with E-state index < -0.39 is 17.2 Å². The van der Waals surface area contributed by atoms with Crippen LogP contribution in [0.4, 0.5) is 11.5 Å². The normalized spacial score (nSPS) is 20.5. The van der Waals surface area contributed by atoms with Gasteiger partial charge in [-0.05, 0) is 25.7 Å². The second kappa shape index (κ2) is 10.1. The van der Waals surface area contributed by atoms with Crippen LogP contribution >= 0.6 is 0 Å². The number of nitrogens with two attached hydrogens (primary N) is 1. The maximum atomic E-state index is 13.1. The van der Waals surface area contributed by atoms with E-state index in [9.17, 15) is 24.0 Å². The Morgan fingerprint density at radius 1 is 1.03 bits per heavy atom. The molecule has 10 heteroatoms. The summed E-state index contributed by atoms with van der Waals surface area (Å²) in [6, 6.07) is 0. The number of rotatable bonds is 9. The molecule has 0 unspecified atom stereocenters. The number of nitrogens with one attached hydrogen (secondary N) is 1. The fraction of sp³-hybridized carbons (Fsp3) is 0.682. The maximum Gasteiger partial charge on any atom is 0.330 e. The number of nitrogens with zero attached hydrogens (tertiary/aromatic N) is 3. The molecule has 10 nitrogen and oxygen atoms in total. The van der Waals surface area contributed by atoms with Gasteiger partial charge in [-0.1, -0.05) is 33.1 Å². The van der Waals surface area contributed by atoms with E-state index in [-0.39, 0.29) is 54.7 Å². The third-order valence-electron chi connectivity index (χ3n) is 6.45. The first kappa shape index (κ1) is 23.7. The average Bonchev–Trinajstić information content (AvgIpc) is 3.01. The summed E-state index contributed by atoms with van der Waals surface area (Å²) >= 11 is 0. The number of carbonyl (C=O) groups excluding carboxylic acids is 3. The SMILES string of the molecule is CCCCn1c(N)c(N(CCC)C(=O)CCN2C(=O)[C@H]3CCCC[C@H]3C2=O)c(=O)[nH]c1=O. The van der Waals surface area contributed by atoms with Crippen molar-refractivity contribution < 1.29 is 14.4 Å². The summed E-state index contributed by atoms with van der Waals surface area (Å²) in [5, 5.41) is 0. The first-order valence-corrected chi connectivity index (χ1v) is 11.6. The fourth-order valence-electron chi connectivity index (χ4n) is 4.76. The molecule has 1 saturated carbocycles. The van der Waals surface area contributed by atoms with Gasteiger partial charge >= 0.3 is 5.69 Å². The molecule has 0 spiro atoms. The third-order valence-corrected chi connectivity index (χ3v) is 6.45. The molecule has 2 fully saturated rings. The lowest BCUT2D eigenvalue weighted by Crippen LogP contribution is -2.43. The Labute approximate surface area is 186 Å². The van der Waals surface area contributed by atoms with Crippen LogP contribution in [-0.4, -0.2) is 45.3 Å². The van der Waals surface area contributed by atoms with Crippen molar-refractivity contribution in [1.82, 2.24) is 14.5 Å². The number of nitrogen functional groups attached to an aromatic ring is 1. The van der Waals surface area contributed by atoms with E-state index in [1.165, 1.54) is 14.4 Å². The third kappa shape index (κ3) is 4.49. The molecule has 1 aliphatic heterocycles. The number of aromatic amines is 1. The summed E-state index contributed by atoms with van der Waals surface area (Å²) < 4.78 is 1.27. The lowest BCUT2D eigenvalue weighted by Gasteiger charge is -2.25. The highest BCUT2D eigenvalue weighted by molar-refractivity contribution is 6.05. The highest BCUT2D eigenvalue weighted by atomic mass is 16.2. The summed E-state index contributed by atoms with van der Waals surface area (Å²) in [5.41, 5.74) is 4.78. The van der Waals surface area contributed by atoms with Crippen LogP contribution < -0.4 is 21.9 Å². The van der Waals surface area contributed by atoms with E-state index in [0.717, 1.165) is 19.3 Å². The van der Waals surface area contributed by atoms with E-state index in [0.29, 0.717) is 32.2 Å².